The molecule has 0 aliphatic carbocycles. The molecule has 1 aromatic carbocycles. The maximum atomic E-state index is 13.5. The maximum Gasteiger partial charge on any atom is 0.419 e. The quantitative estimate of drug-likeness (QED) is 0.401. The Kier molecular flexibility index (Phi) is 6.11. The fraction of sp³-hybridized carbons (Fsp3) is 0.167. The van der Waals surface area contributed by atoms with Gasteiger partial charge < -0.3 is 5.73 Å². The van der Waals surface area contributed by atoms with E-state index in [0.717, 1.165) is 23.9 Å². The van der Waals surface area contributed by atoms with Gasteiger partial charge in [0.2, 0.25) is 5.91 Å². The normalized spacial score (nSPS) is 16.1. The minimum Gasteiger partial charge on any atom is -0.370 e. The zero-order valence-corrected chi connectivity index (χ0v) is 16.9. The van der Waals surface area contributed by atoms with Crippen molar-refractivity contribution in [3.05, 3.63) is 50.8 Å². The second-order valence-electron chi connectivity index (χ2n) is 5.98. The van der Waals surface area contributed by atoms with Crippen LogP contribution in [-0.4, -0.2) is 27.6 Å². The van der Waals surface area contributed by atoms with Gasteiger partial charge in [-0.05, 0) is 40.8 Å². The van der Waals surface area contributed by atoms with Gasteiger partial charge in [-0.2, -0.15) is 13.2 Å². The Morgan fingerprint density at radius 3 is 2.62 bits per heavy atom. The predicted molar refractivity (Wildman–Crippen MR) is 108 cm³/mol. The molecule has 2 N–H and O–H groups in total. The molecule has 1 aliphatic heterocycles. The van der Waals surface area contributed by atoms with Gasteiger partial charge in [-0.3, -0.25) is 14.5 Å². The number of carbonyl (C=O) groups excluding carboxylic acids is 2. The van der Waals surface area contributed by atoms with Crippen LogP contribution in [0.25, 0.3) is 17.2 Å². The minimum absolute atomic E-state index is 0.0189. The molecule has 0 spiro atoms. The molecular formula is C18H12F4N2O2S3. The predicted octanol–water partition coefficient (Wildman–Crippen LogP) is 4.65. The molecule has 1 saturated heterocycles. The fourth-order valence-corrected chi connectivity index (χ4v) is 4.77. The molecule has 4 nitrogen and oxygen atoms in total. The number of nitrogens with zero attached hydrogens (tertiary/aromatic N) is 1. The lowest BCUT2D eigenvalue weighted by atomic mass is 10.0. The van der Waals surface area contributed by atoms with Crippen molar-refractivity contribution in [3.63, 3.8) is 0 Å². The standard InChI is InChI=1S/C18H12F4N2O2S3/c19-13-2-1-9(6-12(13)18(20,21)22)10-5-11(28-8-10)7-14-16(26)24(17(27)29-14)4-3-15(23)25/h1-2,5-8H,3-4H2,(H2,23,25)/b14-7-. The van der Waals surface area contributed by atoms with E-state index in [1.54, 1.807) is 17.5 Å². The summed E-state index contributed by atoms with van der Waals surface area (Å²) in [5, 5.41) is 1.62. The molecule has 2 heterocycles. The summed E-state index contributed by atoms with van der Waals surface area (Å²) >= 11 is 7.43. The Hall–Kier alpha value is -2.24. The second kappa shape index (κ2) is 8.25. The number of nitrogens with two attached hydrogens (primary N) is 1. The first-order valence-electron chi connectivity index (χ1n) is 8.05. The average Bonchev–Trinajstić information content (AvgIpc) is 3.18. The van der Waals surface area contributed by atoms with E-state index in [1.165, 1.54) is 22.3 Å². The summed E-state index contributed by atoms with van der Waals surface area (Å²) < 4.78 is 52.5. The molecule has 3 rings (SSSR count). The maximum absolute atomic E-state index is 13.5. The first kappa shape index (κ1) is 21.5. The molecule has 1 aromatic heterocycles. The third-order valence-corrected chi connectivity index (χ3v) is 6.21. The summed E-state index contributed by atoms with van der Waals surface area (Å²) in [7, 11) is 0. The van der Waals surface area contributed by atoms with Gasteiger partial charge in [0, 0.05) is 17.8 Å². The number of rotatable bonds is 5. The van der Waals surface area contributed by atoms with Crippen LogP contribution in [0, 0.1) is 5.82 Å². The van der Waals surface area contributed by atoms with Crippen LogP contribution in [-0.2, 0) is 15.8 Å². The Morgan fingerprint density at radius 2 is 1.97 bits per heavy atom. The van der Waals surface area contributed by atoms with Crippen molar-refractivity contribution in [1.82, 2.24) is 4.90 Å². The van der Waals surface area contributed by atoms with Gasteiger partial charge in [0.25, 0.3) is 5.91 Å². The summed E-state index contributed by atoms with van der Waals surface area (Å²) in [6.45, 7) is 0.0861. The van der Waals surface area contributed by atoms with Crippen molar-refractivity contribution in [2.45, 2.75) is 12.6 Å². The third-order valence-electron chi connectivity index (χ3n) is 3.95. The highest BCUT2D eigenvalue weighted by Crippen LogP contribution is 2.37. The zero-order valence-electron chi connectivity index (χ0n) is 14.5. The number of thiophene rings is 1. The molecule has 2 amide bonds. The van der Waals surface area contributed by atoms with E-state index in [-0.39, 0.29) is 24.4 Å². The number of thioether (sulfide) groups is 1. The lowest BCUT2D eigenvalue weighted by Gasteiger charge is -2.12. The van der Waals surface area contributed by atoms with Crippen molar-refractivity contribution in [3.8, 4) is 11.1 Å². The topological polar surface area (TPSA) is 63.4 Å². The number of benzene rings is 1. The number of amides is 2. The molecular weight excluding hydrogens is 448 g/mol. The van der Waals surface area contributed by atoms with Gasteiger partial charge in [-0.15, -0.1) is 11.3 Å². The third kappa shape index (κ3) is 4.85. The smallest absolute Gasteiger partial charge is 0.370 e. The van der Waals surface area contributed by atoms with E-state index in [1.807, 2.05) is 0 Å². The first-order chi connectivity index (χ1) is 13.6. The summed E-state index contributed by atoms with van der Waals surface area (Å²) in [5.74, 6) is -2.25. The summed E-state index contributed by atoms with van der Waals surface area (Å²) in [4.78, 5) is 25.6. The second-order valence-corrected chi connectivity index (χ2v) is 8.60. The van der Waals surface area contributed by atoms with Crippen molar-refractivity contribution < 1.29 is 27.2 Å². The lowest BCUT2D eigenvalue weighted by Crippen LogP contribution is -2.31. The van der Waals surface area contributed by atoms with Crippen LogP contribution in [0.15, 0.2) is 34.6 Å². The van der Waals surface area contributed by atoms with Gasteiger partial charge in [0.1, 0.15) is 10.1 Å². The van der Waals surface area contributed by atoms with Crippen LogP contribution in [0.4, 0.5) is 17.6 Å². The highest BCUT2D eigenvalue weighted by Gasteiger charge is 2.34. The Bertz CT molecular complexity index is 1030. The van der Waals surface area contributed by atoms with Crippen LogP contribution in [0.3, 0.4) is 0 Å². The molecule has 0 bridgehead atoms. The number of thiocarbonyl (C=S) groups is 1. The van der Waals surface area contributed by atoms with Crippen LogP contribution < -0.4 is 5.73 Å². The van der Waals surface area contributed by atoms with E-state index in [4.69, 9.17) is 18.0 Å². The molecule has 1 aliphatic rings. The molecule has 11 heteroatoms. The summed E-state index contributed by atoms with van der Waals surface area (Å²) in [5.41, 5.74) is 4.44. The fourth-order valence-electron chi connectivity index (χ4n) is 2.55. The van der Waals surface area contributed by atoms with Gasteiger partial charge in [0.05, 0.1) is 10.5 Å². The largest absolute Gasteiger partial charge is 0.419 e. The van der Waals surface area contributed by atoms with Gasteiger partial charge in [-0.1, -0.05) is 30.0 Å². The zero-order chi connectivity index (χ0) is 21.3. The van der Waals surface area contributed by atoms with Gasteiger partial charge >= 0.3 is 6.18 Å². The van der Waals surface area contributed by atoms with Crippen molar-refractivity contribution in [2.24, 2.45) is 5.73 Å². The first-order valence-corrected chi connectivity index (χ1v) is 10.2. The Balaban J connectivity index is 1.83. The lowest BCUT2D eigenvalue weighted by molar-refractivity contribution is -0.140. The number of hydrogen-bond acceptors (Lipinski definition) is 5. The van der Waals surface area contributed by atoms with E-state index >= 15 is 0 Å². The number of carbonyl (C=O) groups is 2. The van der Waals surface area contributed by atoms with E-state index < -0.39 is 23.5 Å². The van der Waals surface area contributed by atoms with Crippen LogP contribution in [0.2, 0.25) is 0 Å². The average molecular weight is 460 g/mol. The number of primary amides is 1. The van der Waals surface area contributed by atoms with Crippen LogP contribution >= 0.6 is 35.3 Å². The Morgan fingerprint density at radius 1 is 1.24 bits per heavy atom. The highest BCUT2D eigenvalue weighted by atomic mass is 32.2. The number of hydrogen-bond donors (Lipinski definition) is 1. The molecule has 0 atom stereocenters. The molecule has 0 radical (unpaired) electrons. The highest BCUT2D eigenvalue weighted by molar-refractivity contribution is 8.26. The van der Waals surface area contributed by atoms with Gasteiger partial charge in [-0.25, -0.2) is 4.39 Å². The molecule has 29 heavy (non-hydrogen) atoms. The van der Waals surface area contributed by atoms with Crippen molar-refractivity contribution >= 4 is 57.5 Å². The molecule has 1 fully saturated rings. The summed E-state index contributed by atoms with van der Waals surface area (Å²) in [6, 6.07) is 4.40. The van der Waals surface area contributed by atoms with Crippen molar-refractivity contribution in [2.75, 3.05) is 6.54 Å². The molecule has 0 unspecified atom stereocenters. The number of halogens is 4. The summed E-state index contributed by atoms with van der Waals surface area (Å²) in [6.07, 6.45) is -3.24. The number of alkyl halides is 3. The van der Waals surface area contributed by atoms with Crippen LogP contribution in [0.1, 0.15) is 16.9 Å². The van der Waals surface area contributed by atoms with E-state index in [0.29, 0.717) is 19.7 Å². The molecule has 0 saturated carbocycles. The molecule has 152 valence electrons. The molecule has 2 aromatic rings. The van der Waals surface area contributed by atoms with Gasteiger partial charge in [0.15, 0.2) is 0 Å². The minimum atomic E-state index is -4.79. The van der Waals surface area contributed by atoms with E-state index in [2.05, 4.69) is 0 Å². The SMILES string of the molecule is NC(=O)CCN1C(=O)/C(=C/c2cc(-c3ccc(F)c(C(F)(F)F)c3)cs2)SC1=S. The van der Waals surface area contributed by atoms with Crippen LogP contribution in [0.5, 0.6) is 0 Å². The van der Waals surface area contributed by atoms with E-state index in [9.17, 15) is 27.2 Å². The Labute approximate surface area is 176 Å². The van der Waals surface area contributed by atoms with Crippen molar-refractivity contribution in [1.29, 1.82) is 0 Å². The monoisotopic (exact) mass is 460 g/mol.